The highest BCUT2D eigenvalue weighted by Gasteiger charge is 2.27. The van der Waals surface area contributed by atoms with E-state index in [1.54, 1.807) is 0 Å². The van der Waals surface area contributed by atoms with Crippen LogP contribution in [0.15, 0.2) is 48.6 Å². The van der Waals surface area contributed by atoms with Gasteiger partial charge in [0.05, 0.1) is 5.02 Å². The Kier molecular flexibility index (Phi) is 7.52. The molecule has 0 spiro atoms. The largest absolute Gasteiger partial charge is 0.507 e. The summed E-state index contributed by atoms with van der Waals surface area (Å²) in [5, 5.41) is 20.2. The van der Waals surface area contributed by atoms with Crippen LogP contribution < -0.4 is 0 Å². The number of carbonyl (C=O) groups excluding carboxylic acids is 2. The van der Waals surface area contributed by atoms with Crippen LogP contribution in [-0.4, -0.2) is 28.1 Å². The number of allylic oxidation sites excluding steroid dienone is 2. The van der Waals surface area contributed by atoms with E-state index in [0.29, 0.717) is 12.8 Å². The zero-order valence-corrected chi connectivity index (χ0v) is 17.4. The topological polar surface area (TPSA) is 83.8 Å². The van der Waals surface area contributed by atoms with E-state index in [2.05, 4.69) is 0 Å². The summed E-state index contributed by atoms with van der Waals surface area (Å²) in [4.78, 5) is 25.4. The Morgan fingerprint density at radius 3 is 2.57 bits per heavy atom. The third-order valence-corrected chi connectivity index (χ3v) is 5.58. The molecule has 158 valence electrons. The molecule has 6 heteroatoms. The first-order valence-electron chi connectivity index (χ1n) is 10.1. The Hall–Kier alpha value is -2.79. The average Bonchev–Trinajstić information content (AvgIpc) is 2.71. The lowest BCUT2D eigenvalue weighted by Gasteiger charge is -2.20. The van der Waals surface area contributed by atoms with Crippen LogP contribution in [0.5, 0.6) is 11.5 Å². The SMILES string of the molecule is O=C1/C=C/CCCCC[C@@H](Cc2ccccc2)OC(=O)c2c(O)cc(O)c(Cl)c2C1. The van der Waals surface area contributed by atoms with Crippen molar-refractivity contribution in [3.8, 4) is 11.5 Å². The Bertz CT molecular complexity index is 936. The molecule has 2 aromatic carbocycles. The molecular formula is C24H25ClO5. The molecule has 1 heterocycles. The van der Waals surface area contributed by atoms with Crippen molar-refractivity contribution in [2.75, 3.05) is 0 Å². The van der Waals surface area contributed by atoms with Crippen molar-refractivity contribution in [2.45, 2.75) is 51.0 Å². The molecule has 30 heavy (non-hydrogen) atoms. The van der Waals surface area contributed by atoms with Gasteiger partial charge >= 0.3 is 5.97 Å². The first-order valence-corrected chi connectivity index (χ1v) is 10.5. The standard InChI is InChI=1S/C24H25ClO5/c25-23-19-14-17(26)11-7-2-1-3-8-12-18(13-16-9-5-4-6-10-16)30-24(29)22(19)20(27)15-21(23)28/h4-7,9-11,15,18,27-28H,1-3,8,12-14H2/b11-7+/t18-/m0/s1. The van der Waals surface area contributed by atoms with Gasteiger partial charge in [-0.1, -0.05) is 54.4 Å². The van der Waals surface area contributed by atoms with Crippen LogP contribution in [-0.2, 0) is 22.4 Å². The normalized spacial score (nSPS) is 19.4. The summed E-state index contributed by atoms with van der Waals surface area (Å²) in [6, 6.07) is 10.7. The predicted molar refractivity (Wildman–Crippen MR) is 115 cm³/mol. The highest BCUT2D eigenvalue weighted by Crippen LogP contribution is 2.37. The molecule has 2 aromatic rings. The second kappa shape index (κ2) is 10.3. The van der Waals surface area contributed by atoms with E-state index in [1.807, 2.05) is 36.4 Å². The fourth-order valence-electron chi connectivity index (χ4n) is 3.63. The van der Waals surface area contributed by atoms with E-state index in [1.165, 1.54) is 6.08 Å². The molecule has 0 amide bonds. The maximum absolute atomic E-state index is 13.0. The third kappa shape index (κ3) is 5.63. The molecule has 0 saturated heterocycles. The van der Waals surface area contributed by atoms with Gasteiger partial charge in [0.15, 0.2) is 5.78 Å². The van der Waals surface area contributed by atoms with Gasteiger partial charge in [0.2, 0.25) is 0 Å². The van der Waals surface area contributed by atoms with Gasteiger partial charge in [0.25, 0.3) is 0 Å². The van der Waals surface area contributed by atoms with Gasteiger partial charge in [0, 0.05) is 24.5 Å². The molecule has 1 atom stereocenters. The summed E-state index contributed by atoms with van der Waals surface area (Å²) < 4.78 is 5.77. The predicted octanol–water partition coefficient (Wildman–Crippen LogP) is 5.15. The molecule has 0 aromatic heterocycles. The summed E-state index contributed by atoms with van der Waals surface area (Å²) in [7, 11) is 0. The summed E-state index contributed by atoms with van der Waals surface area (Å²) >= 11 is 6.19. The van der Waals surface area contributed by atoms with Gasteiger partial charge in [0.1, 0.15) is 23.2 Å². The number of cyclic esters (lactones) is 1. The van der Waals surface area contributed by atoms with E-state index in [4.69, 9.17) is 16.3 Å². The van der Waals surface area contributed by atoms with Gasteiger partial charge in [-0.3, -0.25) is 4.79 Å². The van der Waals surface area contributed by atoms with E-state index in [-0.39, 0.29) is 40.2 Å². The highest BCUT2D eigenvalue weighted by molar-refractivity contribution is 6.33. The van der Waals surface area contributed by atoms with Gasteiger partial charge in [-0.25, -0.2) is 4.79 Å². The molecule has 0 radical (unpaired) electrons. The number of phenols is 2. The Morgan fingerprint density at radius 1 is 1.03 bits per heavy atom. The van der Waals surface area contributed by atoms with Gasteiger partial charge < -0.3 is 14.9 Å². The average molecular weight is 429 g/mol. The monoisotopic (exact) mass is 428 g/mol. The van der Waals surface area contributed by atoms with Crippen molar-refractivity contribution in [2.24, 2.45) is 0 Å². The molecule has 0 aliphatic carbocycles. The highest BCUT2D eigenvalue weighted by atomic mass is 35.5. The number of carbonyl (C=O) groups is 2. The number of esters is 1. The fraction of sp³-hybridized carbons (Fsp3) is 0.333. The smallest absolute Gasteiger partial charge is 0.342 e. The molecule has 1 aliphatic heterocycles. The number of halogens is 1. The van der Waals surface area contributed by atoms with Crippen LogP contribution in [0.1, 0.15) is 53.6 Å². The molecule has 0 fully saturated rings. The van der Waals surface area contributed by atoms with Crippen molar-refractivity contribution in [1.29, 1.82) is 0 Å². The van der Waals surface area contributed by atoms with Crippen LogP contribution in [0.4, 0.5) is 0 Å². The first-order chi connectivity index (χ1) is 14.5. The number of phenolic OH excluding ortho intramolecular Hbond substituents is 2. The number of aromatic hydroxyl groups is 2. The fourth-order valence-corrected chi connectivity index (χ4v) is 3.84. The van der Waals surface area contributed by atoms with E-state index < -0.39 is 11.7 Å². The zero-order valence-electron chi connectivity index (χ0n) is 16.6. The lowest BCUT2D eigenvalue weighted by molar-refractivity contribution is -0.114. The molecule has 5 nitrogen and oxygen atoms in total. The minimum atomic E-state index is -0.751. The number of hydrogen-bond acceptors (Lipinski definition) is 5. The van der Waals surface area contributed by atoms with E-state index >= 15 is 0 Å². The van der Waals surface area contributed by atoms with Crippen LogP contribution in [0, 0.1) is 0 Å². The number of rotatable bonds is 2. The molecule has 2 N–H and O–H groups in total. The van der Waals surface area contributed by atoms with Crippen molar-refractivity contribution in [3.05, 3.63) is 70.3 Å². The summed E-state index contributed by atoms with van der Waals surface area (Å²) in [5.41, 5.74) is 0.946. The van der Waals surface area contributed by atoms with Gasteiger partial charge in [-0.2, -0.15) is 0 Å². The molecule has 0 bridgehead atoms. The number of benzene rings is 2. The van der Waals surface area contributed by atoms with Crippen LogP contribution in [0.2, 0.25) is 5.02 Å². The van der Waals surface area contributed by atoms with Crippen molar-refractivity contribution in [3.63, 3.8) is 0 Å². The number of ether oxygens (including phenoxy) is 1. The van der Waals surface area contributed by atoms with Crippen LogP contribution in [0.3, 0.4) is 0 Å². The van der Waals surface area contributed by atoms with E-state index in [0.717, 1.165) is 37.3 Å². The molecule has 0 saturated carbocycles. The Labute approximate surface area is 181 Å². The Morgan fingerprint density at radius 2 is 1.80 bits per heavy atom. The lowest BCUT2D eigenvalue weighted by Crippen LogP contribution is -2.22. The number of ketones is 1. The lowest BCUT2D eigenvalue weighted by atomic mass is 9.98. The number of hydrogen-bond donors (Lipinski definition) is 2. The molecular weight excluding hydrogens is 404 g/mol. The summed E-state index contributed by atoms with van der Waals surface area (Å²) in [6.07, 6.45) is 7.46. The van der Waals surface area contributed by atoms with Gasteiger partial charge in [-0.05, 0) is 37.3 Å². The molecule has 3 rings (SSSR count). The van der Waals surface area contributed by atoms with Gasteiger partial charge in [-0.15, -0.1) is 0 Å². The minimum Gasteiger partial charge on any atom is -0.507 e. The maximum Gasteiger partial charge on any atom is 0.342 e. The maximum atomic E-state index is 13.0. The van der Waals surface area contributed by atoms with Crippen molar-refractivity contribution < 1.29 is 24.5 Å². The summed E-state index contributed by atoms with van der Waals surface area (Å²) in [5.74, 6) is -1.87. The van der Waals surface area contributed by atoms with E-state index in [9.17, 15) is 19.8 Å². The minimum absolute atomic E-state index is 0.0735. The number of fused-ring (bicyclic) bond motifs is 1. The first kappa shape index (κ1) is 21.9. The summed E-state index contributed by atoms with van der Waals surface area (Å²) in [6.45, 7) is 0. The van der Waals surface area contributed by atoms with Crippen molar-refractivity contribution in [1.82, 2.24) is 0 Å². The molecule has 0 unspecified atom stereocenters. The Balaban J connectivity index is 1.96. The quantitative estimate of drug-likeness (QED) is 0.646. The van der Waals surface area contributed by atoms with Crippen LogP contribution >= 0.6 is 11.6 Å². The second-order valence-corrected chi connectivity index (χ2v) is 7.86. The van der Waals surface area contributed by atoms with Crippen molar-refractivity contribution >= 4 is 23.4 Å². The molecule has 1 aliphatic rings. The third-order valence-electron chi connectivity index (χ3n) is 5.16. The second-order valence-electron chi connectivity index (χ2n) is 7.48. The van der Waals surface area contributed by atoms with Crippen LogP contribution in [0.25, 0.3) is 0 Å². The zero-order chi connectivity index (χ0) is 21.5.